The zero-order chi connectivity index (χ0) is 23.8. The minimum Gasteiger partial charge on any atom is -0.483 e. The summed E-state index contributed by atoms with van der Waals surface area (Å²) < 4.78 is 16.8. The Hall–Kier alpha value is -3.13. The molecule has 0 aliphatic carbocycles. The van der Waals surface area contributed by atoms with Crippen LogP contribution in [0.5, 0.6) is 5.75 Å². The fourth-order valence-corrected chi connectivity index (χ4v) is 4.59. The maximum absolute atomic E-state index is 12.5. The molecule has 1 aromatic carbocycles. The highest BCUT2D eigenvalue weighted by molar-refractivity contribution is 5.89. The van der Waals surface area contributed by atoms with Crippen molar-refractivity contribution in [3.05, 3.63) is 47.7 Å². The van der Waals surface area contributed by atoms with E-state index in [-0.39, 0.29) is 18.1 Å². The van der Waals surface area contributed by atoms with Gasteiger partial charge in [0.15, 0.2) is 0 Å². The van der Waals surface area contributed by atoms with Crippen molar-refractivity contribution in [2.24, 2.45) is 0 Å². The molecule has 2 aromatic rings. The van der Waals surface area contributed by atoms with E-state index in [1.54, 1.807) is 23.2 Å². The molecule has 0 bridgehead atoms. The van der Waals surface area contributed by atoms with Gasteiger partial charge in [-0.15, -0.1) is 0 Å². The largest absolute Gasteiger partial charge is 0.483 e. The highest BCUT2D eigenvalue weighted by Crippen LogP contribution is 2.48. The summed E-state index contributed by atoms with van der Waals surface area (Å²) in [5.74, 6) is 0.391. The topological polar surface area (TPSA) is 90.0 Å². The number of likely N-dealkylation sites (N-methyl/N-ethyl adjacent to an activating group) is 1. The number of hydrogen-bond donors (Lipinski definition) is 1. The van der Waals surface area contributed by atoms with Crippen LogP contribution in [0.3, 0.4) is 0 Å². The predicted molar refractivity (Wildman–Crippen MR) is 123 cm³/mol. The Labute approximate surface area is 194 Å². The number of esters is 1. The second-order valence-corrected chi connectivity index (χ2v) is 9.53. The number of fused-ring (bicyclic) bond motifs is 1. The van der Waals surface area contributed by atoms with Gasteiger partial charge in [0.25, 0.3) is 0 Å². The van der Waals surface area contributed by atoms with Crippen molar-refractivity contribution in [1.29, 1.82) is 0 Å². The summed E-state index contributed by atoms with van der Waals surface area (Å²) in [5, 5.41) is 3.42. The van der Waals surface area contributed by atoms with Crippen LogP contribution in [0.25, 0.3) is 11.3 Å². The van der Waals surface area contributed by atoms with Gasteiger partial charge in [-0.1, -0.05) is 12.1 Å². The van der Waals surface area contributed by atoms with Crippen LogP contribution in [0.2, 0.25) is 0 Å². The number of likely N-dealkylation sites (tertiary alicyclic amines) is 1. The number of carbonyl (C=O) groups excluding carboxylic acids is 2. The van der Waals surface area contributed by atoms with Gasteiger partial charge in [0.2, 0.25) is 0 Å². The number of piperidine rings is 1. The maximum Gasteiger partial charge on any atom is 0.410 e. The fourth-order valence-electron chi connectivity index (χ4n) is 4.59. The summed E-state index contributed by atoms with van der Waals surface area (Å²) in [5.41, 5.74) is 2.29. The van der Waals surface area contributed by atoms with Crippen molar-refractivity contribution < 1.29 is 23.8 Å². The molecule has 8 heteroatoms. The monoisotopic (exact) mass is 453 g/mol. The molecule has 3 heterocycles. The van der Waals surface area contributed by atoms with Gasteiger partial charge in [-0.3, -0.25) is 4.98 Å². The number of aromatic nitrogens is 1. The van der Waals surface area contributed by atoms with E-state index in [0.717, 1.165) is 22.6 Å². The van der Waals surface area contributed by atoms with E-state index < -0.39 is 11.2 Å². The average molecular weight is 454 g/mol. The SMILES string of the molecule is CNC1c2cc(-c3ccc(C(=O)OC)cc3)ncc2OC12CCN(C(=O)OC(C)(C)C)CC2. The van der Waals surface area contributed by atoms with Crippen LogP contribution in [-0.2, 0) is 9.47 Å². The molecule has 1 amide bonds. The van der Waals surface area contributed by atoms with Crippen LogP contribution in [0.4, 0.5) is 4.79 Å². The lowest BCUT2D eigenvalue weighted by Crippen LogP contribution is -2.53. The molecule has 176 valence electrons. The molecule has 1 unspecified atom stereocenters. The van der Waals surface area contributed by atoms with Crippen LogP contribution in [0, 0.1) is 0 Å². The second-order valence-electron chi connectivity index (χ2n) is 9.53. The number of amides is 1. The molecule has 1 fully saturated rings. The van der Waals surface area contributed by atoms with Gasteiger partial charge in [0.05, 0.1) is 30.6 Å². The smallest absolute Gasteiger partial charge is 0.410 e. The molecule has 8 nitrogen and oxygen atoms in total. The zero-order valence-electron chi connectivity index (χ0n) is 19.8. The Kier molecular flexibility index (Phi) is 6.05. The summed E-state index contributed by atoms with van der Waals surface area (Å²) >= 11 is 0. The van der Waals surface area contributed by atoms with Crippen molar-refractivity contribution in [2.45, 2.75) is 50.9 Å². The highest BCUT2D eigenvalue weighted by atomic mass is 16.6. The zero-order valence-corrected chi connectivity index (χ0v) is 19.8. The van der Waals surface area contributed by atoms with Gasteiger partial charge in [-0.2, -0.15) is 0 Å². The fraction of sp³-hybridized carbons (Fsp3) is 0.480. The standard InChI is InChI=1S/C25H31N3O5/c1-24(2,3)33-23(30)28-12-10-25(11-13-28)21(26-4)18-14-19(27-15-20(18)32-25)16-6-8-17(9-7-16)22(29)31-5/h6-9,14-15,21,26H,10-13H2,1-5H3. The van der Waals surface area contributed by atoms with E-state index in [1.165, 1.54) is 7.11 Å². The second kappa shape index (κ2) is 8.67. The molecule has 1 spiro atoms. The van der Waals surface area contributed by atoms with Crippen LogP contribution < -0.4 is 10.1 Å². The minimum absolute atomic E-state index is 0.0237. The molecule has 1 aromatic heterocycles. The molecule has 1 N–H and O–H groups in total. The molecule has 1 saturated heterocycles. The van der Waals surface area contributed by atoms with E-state index in [9.17, 15) is 9.59 Å². The molecule has 0 saturated carbocycles. The number of hydrogen-bond acceptors (Lipinski definition) is 7. The number of ether oxygens (including phenoxy) is 3. The molecule has 33 heavy (non-hydrogen) atoms. The van der Waals surface area contributed by atoms with Gasteiger partial charge in [0.1, 0.15) is 17.0 Å². The Morgan fingerprint density at radius 1 is 1.18 bits per heavy atom. The van der Waals surface area contributed by atoms with Gasteiger partial charge < -0.3 is 24.4 Å². The van der Waals surface area contributed by atoms with Crippen molar-refractivity contribution in [3.63, 3.8) is 0 Å². The summed E-state index contributed by atoms with van der Waals surface area (Å²) in [7, 11) is 3.29. The molecule has 1 atom stereocenters. The number of nitrogens with one attached hydrogen (secondary N) is 1. The molecular weight excluding hydrogens is 422 g/mol. The van der Waals surface area contributed by atoms with E-state index in [2.05, 4.69) is 10.3 Å². The van der Waals surface area contributed by atoms with Crippen molar-refractivity contribution in [2.75, 3.05) is 27.2 Å². The minimum atomic E-state index is -0.517. The number of nitrogens with zero attached hydrogens (tertiary/aromatic N) is 2. The summed E-state index contributed by atoms with van der Waals surface area (Å²) in [6, 6.07) is 9.20. The van der Waals surface area contributed by atoms with Crippen molar-refractivity contribution in [3.8, 4) is 17.0 Å². The van der Waals surface area contributed by atoms with Crippen LogP contribution >= 0.6 is 0 Å². The summed E-state index contributed by atoms with van der Waals surface area (Å²) in [6.07, 6.45) is 2.86. The third-order valence-electron chi connectivity index (χ3n) is 6.20. The quantitative estimate of drug-likeness (QED) is 0.704. The highest BCUT2D eigenvalue weighted by Gasteiger charge is 2.50. The molecule has 4 rings (SSSR count). The van der Waals surface area contributed by atoms with E-state index in [4.69, 9.17) is 14.2 Å². The van der Waals surface area contributed by atoms with Crippen LogP contribution in [-0.4, -0.2) is 60.4 Å². The molecule has 2 aliphatic heterocycles. The van der Waals surface area contributed by atoms with Gasteiger partial charge in [-0.05, 0) is 46.0 Å². The Balaban J connectivity index is 1.52. The summed E-state index contributed by atoms with van der Waals surface area (Å²) in [4.78, 5) is 30.5. The van der Waals surface area contributed by atoms with E-state index >= 15 is 0 Å². The molecular formula is C25H31N3O5. The Bertz CT molecular complexity index is 1040. The van der Waals surface area contributed by atoms with Gasteiger partial charge in [0, 0.05) is 37.1 Å². The Morgan fingerprint density at radius 2 is 1.85 bits per heavy atom. The van der Waals surface area contributed by atoms with Gasteiger partial charge in [-0.25, -0.2) is 9.59 Å². The lowest BCUT2D eigenvalue weighted by atomic mass is 9.82. The van der Waals surface area contributed by atoms with Gasteiger partial charge >= 0.3 is 12.1 Å². The third kappa shape index (κ3) is 4.53. The first-order valence-electron chi connectivity index (χ1n) is 11.2. The number of pyridine rings is 1. The third-order valence-corrected chi connectivity index (χ3v) is 6.20. The van der Waals surface area contributed by atoms with Crippen LogP contribution in [0.1, 0.15) is 55.6 Å². The first kappa shape index (κ1) is 23.0. The average Bonchev–Trinajstić information content (AvgIpc) is 3.09. The molecule has 0 radical (unpaired) electrons. The number of methoxy groups -OCH3 is 1. The van der Waals surface area contributed by atoms with Crippen LogP contribution in [0.15, 0.2) is 36.5 Å². The van der Waals surface area contributed by atoms with E-state index in [1.807, 2.05) is 46.0 Å². The number of rotatable bonds is 3. The molecule has 2 aliphatic rings. The first-order valence-corrected chi connectivity index (χ1v) is 11.2. The number of carbonyl (C=O) groups is 2. The van der Waals surface area contributed by atoms with E-state index in [0.29, 0.717) is 31.5 Å². The normalized spacial score (nSPS) is 19.1. The van der Waals surface area contributed by atoms with Crippen molar-refractivity contribution in [1.82, 2.24) is 15.2 Å². The van der Waals surface area contributed by atoms with Crippen molar-refractivity contribution >= 4 is 12.1 Å². The Morgan fingerprint density at radius 3 is 2.42 bits per heavy atom. The predicted octanol–water partition coefficient (Wildman–Crippen LogP) is 3.96. The number of benzene rings is 1. The summed E-state index contributed by atoms with van der Waals surface area (Å²) in [6.45, 7) is 6.75. The maximum atomic E-state index is 12.5. The lowest BCUT2D eigenvalue weighted by molar-refractivity contribution is -0.0225. The first-order chi connectivity index (χ1) is 15.7. The lowest BCUT2D eigenvalue weighted by Gasteiger charge is -2.42.